The van der Waals surface area contributed by atoms with Gasteiger partial charge in [0.15, 0.2) is 0 Å². The number of likely N-dealkylation sites (N-methyl/N-ethyl adjacent to an activating group) is 1. The minimum atomic E-state index is 0.239. The van der Waals surface area contributed by atoms with Crippen molar-refractivity contribution in [1.82, 2.24) is 5.32 Å². The summed E-state index contributed by atoms with van der Waals surface area (Å²) >= 11 is 0. The van der Waals surface area contributed by atoms with Crippen molar-refractivity contribution in [3.8, 4) is 5.75 Å². The summed E-state index contributed by atoms with van der Waals surface area (Å²) < 4.78 is 11.1. The van der Waals surface area contributed by atoms with Crippen LogP contribution in [0.3, 0.4) is 0 Å². The van der Waals surface area contributed by atoms with Gasteiger partial charge < -0.3 is 14.8 Å². The van der Waals surface area contributed by atoms with E-state index in [1.807, 2.05) is 19.2 Å². The Hall–Kier alpha value is -1.06. The molecule has 2 rings (SSSR count). The highest BCUT2D eigenvalue weighted by Crippen LogP contribution is 2.17. The molecule has 1 unspecified atom stereocenters. The zero-order valence-corrected chi connectivity index (χ0v) is 9.74. The highest BCUT2D eigenvalue weighted by molar-refractivity contribution is 5.27. The average Bonchev–Trinajstić information content (AvgIpc) is 2.81. The van der Waals surface area contributed by atoms with Crippen LogP contribution in [0.1, 0.15) is 12.0 Å². The average molecular weight is 221 g/mol. The maximum absolute atomic E-state index is 5.79. The third-order valence-electron chi connectivity index (χ3n) is 2.78. The molecule has 1 N–H and O–H groups in total. The van der Waals surface area contributed by atoms with Crippen molar-refractivity contribution in [2.45, 2.75) is 18.9 Å². The van der Waals surface area contributed by atoms with Crippen molar-refractivity contribution in [2.24, 2.45) is 0 Å². The molecule has 1 aromatic carbocycles. The Morgan fingerprint density at radius 2 is 2.19 bits per heavy atom. The van der Waals surface area contributed by atoms with Crippen LogP contribution >= 0.6 is 0 Å². The molecule has 3 nitrogen and oxygen atoms in total. The molecule has 1 aliphatic rings. The molecular formula is C13H19NO2. The molecule has 0 aromatic heterocycles. The minimum absolute atomic E-state index is 0.239. The first kappa shape index (κ1) is 11.4. The summed E-state index contributed by atoms with van der Waals surface area (Å²) in [5.41, 5.74) is 1.34. The highest BCUT2D eigenvalue weighted by atomic mass is 16.5. The predicted molar refractivity (Wildman–Crippen MR) is 63.9 cm³/mol. The lowest BCUT2D eigenvalue weighted by Gasteiger charge is -2.12. The predicted octanol–water partition coefficient (Wildman–Crippen LogP) is 1.62. The van der Waals surface area contributed by atoms with E-state index < -0.39 is 0 Å². The zero-order valence-electron chi connectivity index (χ0n) is 9.74. The largest absolute Gasteiger partial charge is 0.488 e. The Labute approximate surface area is 96.8 Å². The SMILES string of the molecule is CNCCc1ccc(OC2CCOC2)cc1. The summed E-state index contributed by atoms with van der Waals surface area (Å²) in [6, 6.07) is 8.34. The van der Waals surface area contributed by atoms with Crippen molar-refractivity contribution >= 4 is 0 Å². The summed E-state index contributed by atoms with van der Waals surface area (Å²) in [4.78, 5) is 0. The minimum Gasteiger partial charge on any atom is -0.488 e. The van der Waals surface area contributed by atoms with Gasteiger partial charge in [0.2, 0.25) is 0 Å². The number of hydrogen-bond donors (Lipinski definition) is 1. The van der Waals surface area contributed by atoms with Crippen LogP contribution in [-0.4, -0.2) is 32.9 Å². The van der Waals surface area contributed by atoms with Crippen molar-refractivity contribution in [1.29, 1.82) is 0 Å². The van der Waals surface area contributed by atoms with E-state index in [0.29, 0.717) is 0 Å². The Bertz CT molecular complexity index is 304. The van der Waals surface area contributed by atoms with Crippen LogP contribution in [0.25, 0.3) is 0 Å². The molecule has 0 radical (unpaired) electrons. The lowest BCUT2D eigenvalue weighted by molar-refractivity contribution is 0.141. The Morgan fingerprint density at radius 1 is 1.38 bits per heavy atom. The Kier molecular flexibility index (Phi) is 4.19. The third-order valence-corrected chi connectivity index (χ3v) is 2.78. The normalized spacial score (nSPS) is 19.9. The van der Waals surface area contributed by atoms with E-state index in [4.69, 9.17) is 9.47 Å². The van der Waals surface area contributed by atoms with Gasteiger partial charge in [-0.05, 0) is 37.7 Å². The van der Waals surface area contributed by atoms with Crippen LogP contribution in [0, 0.1) is 0 Å². The number of hydrogen-bond acceptors (Lipinski definition) is 3. The van der Waals surface area contributed by atoms with Gasteiger partial charge in [0, 0.05) is 6.42 Å². The van der Waals surface area contributed by atoms with E-state index in [0.717, 1.165) is 38.3 Å². The molecule has 0 amide bonds. The van der Waals surface area contributed by atoms with Crippen LogP contribution in [0.5, 0.6) is 5.75 Å². The number of rotatable bonds is 5. The molecule has 16 heavy (non-hydrogen) atoms. The monoisotopic (exact) mass is 221 g/mol. The molecule has 0 bridgehead atoms. The first-order chi connectivity index (χ1) is 7.88. The van der Waals surface area contributed by atoms with Crippen LogP contribution < -0.4 is 10.1 Å². The van der Waals surface area contributed by atoms with Gasteiger partial charge in [0.1, 0.15) is 11.9 Å². The molecule has 88 valence electrons. The molecule has 1 heterocycles. The van der Waals surface area contributed by atoms with Crippen molar-refractivity contribution in [2.75, 3.05) is 26.8 Å². The zero-order chi connectivity index (χ0) is 11.2. The first-order valence-corrected chi connectivity index (χ1v) is 5.86. The van der Waals surface area contributed by atoms with Gasteiger partial charge in [0.25, 0.3) is 0 Å². The third kappa shape index (κ3) is 3.22. The van der Waals surface area contributed by atoms with Gasteiger partial charge in [0.05, 0.1) is 13.2 Å². The summed E-state index contributed by atoms with van der Waals surface area (Å²) in [5.74, 6) is 0.948. The lowest BCUT2D eigenvalue weighted by Crippen LogP contribution is -2.15. The van der Waals surface area contributed by atoms with Crippen molar-refractivity contribution in [3.63, 3.8) is 0 Å². The molecule has 0 aliphatic carbocycles. The molecule has 1 atom stereocenters. The first-order valence-electron chi connectivity index (χ1n) is 5.86. The smallest absolute Gasteiger partial charge is 0.124 e. The molecule has 0 saturated carbocycles. The second-order valence-corrected chi connectivity index (χ2v) is 4.10. The number of ether oxygens (including phenoxy) is 2. The standard InChI is InChI=1S/C13H19NO2/c1-14-8-6-11-2-4-12(5-3-11)16-13-7-9-15-10-13/h2-5,13-14H,6-10H2,1H3. The quantitative estimate of drug-likeness (QED) is 0.819. The molecule has 1 saturated heterocycles. The summed E-state index contributed by atoms with van der Waals surface area (Å²) in [6.45, 7) is 2.56. The van der Waals surface area contributed by atoms with E-state index in [9.17, 15) is 0 Å². The second-order valence-electron chi connectivity index (χ2n) is 4.10. The maximum Gasteiger partial charge on any atom is 0.124 e. The topological polar surface area (TPSA) is 30.5 Å². The highest BCUT2D eigenvalue weighted by Gasteiger charge is 2.16. The van der Waals surface area contributed by atoms with Crippen LogP contribution in [0.2, 0.25) is 0 Å². The van der Waals surface area contributed by atoms with Gasteiger partial charge in [-0.1, -0.05) is 12.1 Å². The van der Waals surface area contributed by atoms with Crippen molar-refractivity contribution in [3.05, 3.63) is 29.8 Å². The Balaban J connectivity index is 1.86. The summed E-state index contributed by atoms with van der Waals surface area (Å²) in [5, 5.41) is 3.14. The van der Waals surface area contributed by atoms with E-state index in [2.05, 4.69) is 17.4 Å². The van der Waals surface area contributed by atoms with E-state index >= 15 is 0 Å². The molecule has 0 spiro atoms. The van der Waals surface area contributed by atoms with Gasteiger partial charge in [-0.25, -0.2) is 0 Å². The van der Waals surface area contributed by atoms with Crippen molar-refractivity contribution < 1.29 is 9.47 Å². The van der Waals surface area contributed by atoms with Gasteiger partial charge in [-0.15, -0.1) is 0 Å². The second kappa shape index (κ2) is 5.87. The summed E-state index contributed by atoms with van der Waals surface area (Å²) in [6.07, 6.45) is 2.30. The Morgan fingerprint density at radius 3 is 2.81 bits per heavy atom. The molecule has 1 aliphatic heterocycles. The maximum atomic E-state index is 5.79. The lowest BCUT2D eigenvalue weighted by atomic mass is 10.1. The van der Waals surface area contributed by atoms with Gasteiger partial charge >= 0.3 is 0 Å². The van der Waals surface area contributed by atoms with E-state index in [-0.39, 0.29) is 6.10 Å². The van der Waals surface area contributed by atoms with E-state index in [1.54, 1.807) is 0 Å². The number of benzene rings is 1. The molecular weight excluding hydrogens is 202 g/mol. The fraction of sp³-hybridized carbons (Fsp3) is 0.538. The van der Waals surface area contributed by atoms with Gasteiger partial charge in [-0.2, -0.15) is 0 Å². The van der Waals surface area contributed by atoms with Crippen LogP contribution in [0.4, 0.5) is 0 Å². The fourth-order valence-electron chi connectivity index (χ4n) is 1.80. The molecule has 1 fully saturated rings. The fourth-order valence-corrected chi connectivity index (χ4v) is 1.80. The molecule has 3 heteroatoms. The number of nitrogens with one attached hydrogen (secondary N) is 1. The van der Waals surface area contributed by atoms with E-state index in [1.165, 1.54) is 5.56 Å². The van der Waals surface area contributed by atoms with Crippen LogP contribution in [-0.2, 0) is 11.2 Å². The van der Waals surface area contributed by atoms with Gasteiger partial charge in [-0.3, -0.25) is 0 Å². The summed E-state index contributed by atoms with van der Waals surface area (Å²) in [7, 11) is 1.97. The van der Waals surface area contributed by atoms with Crippen LogP contribution in [0.15, 0.2) is 24.3 Å². The molecule has 1 aromatic rings.